The fraction of sp³-hybridized carbons (Fsp3) is 0.857. The fourth-order valence-electron chi connectivity index (χ4n) is 2.51. The minimum atomic E-state index is -1.18. The van der Waals surface area contributed by atoms with Gasteiger partial charge in [0.1, 0.15) is 5.54 Å². The Kier molecular flexibility index (Phi) is 5.20. The van der Waals surface area contributed by atoms with Crippen molar-refractivity contribution in [2.75, 3.05) is 6.54 Å². The minimum absolute atomic E-state index is 0.274. The number of hydrogen-bond acceptors (Lipinski definition) is 2. The Morgan fingerprint density at radius 3 is 2.32 bits per heavy atom. The average Bonchev–Trinajstić information content (AvgIpc) is 3.07. The maximum Gasteiger partial charge on any atom is 0.329 e. The molecule has 110 valence electrons. The van der Waals surface area contributed by atoms with E-state index < -0.39 is 11.5 Å². The molecule has 1 saturated carbocycles. The molecule has 3 N–H and O–H groups in total. The van der Waals surface area contributed by atoms with E-state index in [1.807, 2.05) is 6.92 Å². The molecule has 1 atom stereocenters. The van der Waals surface area contributed by atoms with Crippen molar-refractivity contribution in [2.45, 2.75) is 64.8 Å². The molecule has 5 heteroatoms. The summed E-state index contributed by atoms with van der Waals surface area (Å²) < 4.78 is 0. The molecule has 0 spiro atoms. The third-order valence-corrected chi connectivity index (χ3v) is 3.97. The Morgan fingerprint density at radius 1 is 1.26 bits per heavy atom. The molecule has 1 aliphatic rings. The van der Waals surface area contributed by atoms with E-state index in [0.717, 1.165) is 25.7 Å². The second kappa shape index (κ2) is 6.26. The van der Waals surface area contributed by atoms with Crippen LogP contribution in [0.4, 0.5) is 4.79 Å². The van der Waals surface area contributed by atoms with E-state index in [9.17, 15) is 14.7 Å². The van der Waals surface area contributed by atoms with Gasteiger partial charge in [0.05, 0.1) is 0 Å². The van der Waals surface area contributed by atoms with Crippen LogP contribution in [0.3, 0.4) is 0 Å². The summed E-state index contributed by atoms with van der Waals surface area (Å²) in [5.41, 5.74) is -0.906. The number of carboxylic acid groups (broad SMARTS) is 1. The predicted octanol–water partition coefficient (Wildman–Crippen LogP) is 2.51. The summed E-state index contributed by atoms with van der Waals surface area (Å²) in [6.45, 7) is 6.25. The van der Waals surface area contributed by atoms with E-state index >= 15 is 0 Å². The summed E-state index contributed by atoms with van der Waals surface area (Å²) in [6, 6.07) is -0.374. The molecule has 0 aromatic carbocycles. The van der Waals surface area contributed by atoms with Gasteiger partial charge in [0.2, 0.25) is 0 Å². The van der Waals surface area contributed by atoms with Gasteiger partial charge in [-0.2, -0.15) is 0 Å². The average molecular weight is 270 g/mol. The van der Waals surface area contributed by atoms with Crippen LogP contribution < -0.4 is 10.6 Å². The number of urea groups is 1. The van der Waals surface area contributed by atoms with Crippen molar-refractivity contribution in [3.8, 4) is 0 Å². The second-order valence-corrected chi connectivity index (χ2v) is 5.94. The van der Waals surface area contributed by atoms with Gasteiger partial charge < -0.3 is 15.7 Å². The zero-order valence-corrected chi connectivity index (χ0v) is 12.2. The van der Waals surface area contributed by atoms with Gasteiger partial charge in [-0.05, 0) is 38.0 Å². The highest BCUT2D eigenvalue weighted by molar-refractivity contribution is 5.85. The lowest BCUT2D eigenvalue weighted by Crippen LogP contribution is -2.55. The molecule has 0 radical (unpaired) electrons. The Labute approximate surface area is 115 Å². The highest BCUT2D eigenvalue weighted by Gasteiger charge is 2.42. The van der Waals surface area contributed by atoms with Crippen molar-refractivity contribution >= 4 is 12.0 Å². The highest BCUT2D eigenvalue weighted by Crippen LogP contribution is 2.48. The van der Waals surface area contributed by atoms with E-state index in [-0.39, 0.29) is 11.4 Å². The molecule has 5 nitrogen and oxygen atoms in total. The third kappa shape index (κ3) is 4.40. The topological polar surface area (TPSA) is 78.4 Å². The van der Waals surface area contributed by atoms with Gasteiger partial charge >= 0.3 is 12.0 Å². The van der Waals surface area contributed by atoms with Crippen LogP contribution >= 0.6 is 0 Å². The number of aliphatic carboxylic acids is 1. The van der Waals surface area contributed by atoms with Gasteiger partial charge in [-0.3, -0.25) is 0 Å². The molecule has 2 amide bonds. The molecule has 0 aromatic rings. The molecule has 19 heavy (non-hydrogen) atoms. The zero-order valence-electron chi connectivity index (χ0n) is 12.2. The van der Waals surface area contributed by atoms with Crippen LogP contribution in [0.2, 0.25) is 0 Å². The predicted molar refractivity (Wildman–Crippen MR) is 74.1 cm³/mol. The standard InChI is InChI=1S/C14H26N2O3/c1-4-6-13(3,11(17)18)16-12(19)15-10-14(7-5-2)8-9-14/h4-10H2,1-3H3,(H,17,18)(H2,15,16,19). The molecule has 1 rings (SSSR count). The van der Waals surface area contributed by atoms with Crippen LogP contribution in [0, 0.1) is 5.41 Å². The number of carboxylic acids is 1. The first-order valence-electron chi connectivity index (χ1n) is 7.17. The maximum absolute atomic E-state index is 11.8. The Morgan fingerprint density at radius 2 is 1.89 bits per heavy atom. The number of amides is 2. The van der Waals surface area contributed by atoms with E-state index in [1.54, 1.807) is 6.92 Å². The lowest BCUT2D eigenvalue weighted by atomic mass is 9.96. The van der Waals surface area contributed by atoms with Crippen LogP contribution in [0.25, 0.3) is 0 Å². The summed E-state index contributed by atoms with van der Waals surface area (Å²) >= 11 is 0. The molecule has 1 fully saturated rings. The molecule has 0 heterocycles. The van der Waals surface area contributed by atoms with Crippen molar-refractivity contribution in [3.63, 3.8) is 0 Å². The van der Waals surface area contributed by atoms with Crippen molar-refractivity contribution in [1.29, 1.82) is 0 Å². The summed E-state index contributed by atoms with van der Waals surface area (Å²) in [4.78, 5) is 23.1. The molecule has 0 saturated heterocycles. The largest absolute Gasteiger partial charge is 0.480 e. The summed E-state index contributed by atoms with van der Waals surface area (Å²) in [5, 5.41) is 14.6. The first-order valence-corrected chi connectivity index (χ1v) is 7.17. The van der Waals surface area contributed by atoms with E-state index in [1.165, 1.54) is 0 Å². The normalized spacial score (nSPS) is 19.3. The van der Waals surface area contributed by atoms with Gasteiger partial charge in [0.25, 0.3) is 0 Å². The lowest BCUT2D eigenvalue weighted by molar-refractivity contribution is -0.144. The SMILES string of the molecule is CCCC1(CNC(=O)NC(C)(CCC)C(=O)O)CC1. The highest BCUT2D eigenvalue weighted by atomic mass is 16.4. The third-order valence-electron chi connectivity index (χ3n) is 3.97. The van der Waals surface area contributed by atoms with Gasteiger partial charge in [0, 0.05) is 6.54 Å². The Balaban J connectivity index is 2.43. The fourth-order valence-corrected chi connectivity index (χ4v) is 2.51. The van der Waals surface area contributed by atoms with Crippen molar-refractivity contribution < 1.29 is 14.7 Å². The van der Waals surface area contributed by atoms with Crippen LogP contribution in [0.5, 0.6) is 0 Å². The van der Waals surface area contributed by atoms with Crippen molar-refractivity contribution in [2.24, 2.45) is 5.41 Å². The van der Waals surface area contributed by atoms with Gasteiger partial charge in [-0.1, -0.05) is 26.7 Å². The molecule has 1 aliphatic carbocycles. The van der Waals surface area contributed by atoms with E-state index in [2.05, 4.69) is 17.6 Å². The van der Waals surface area contributed by atoms with Crippen molar-refractivity contribution in [3.05, 3.63) is 0 Å². The first kappa shape index (κ1) is 15.8. The minimum Gasteiger partial charge on any atom is -0.480 e. The van der Waals surface area contributed by atoms with Crippen LogP contribution in [0.1, 0.15) is 59.3 Å². The second-order valence-electron chi connectivity index (χ2n) is 5.94. The number of carbonyl (C=O) groups excluding carboxylic acids is 1. The van der Waals surface area contributed by atoms with E-state index in [0.29, 0.717) is 19.4 Å². The molecule has 1 unspecified atom stereocenters. The van der Waals surface area contributed by atoms with Crippen LogP contribution in [0.15, 0.2) is 0 Å². The number of nitrogens with one attached hydrogen (secondary N) is 2. The number of hydrogen-bond donors (Lipinski definition) is 3. The Hall–Kier alpha value is -1.26. The maximum atomic E-state index is 11.8. The lowest BCUT2D eigenvalue weighted by Gasteiger charge is -2.26. The zero-order chi connectivity index (χ0) is 14.5. The van der Waals surface area contributed by atoms with Crippen molar-refractivity contribution in [1.82, 2.24) is 10.6 Å². The number of rotatable bonds is 8. The van der Waals surface area contributed by atoms with Gasteiger partial charge in [-0.25, -0.2) is 9.59 Å². The smallest absolute Gasteiger partial charge is 0.329 e. The molecule has 0 aromatic heterocycles. The monoisotopic (exact) mass is 270 g/mol. The summed E-state index contributed by atoms with van der Waals surface area (Å²) in [7, 11) is 0. The van der Waals surface area contributed by atoms with Gasteiger partial charge in [-0.15, -0.1) is 0 Å². The van der Waals surface area contributed by atoms with Crippen LogP contribution in [-0.2, 0) is 4.79 Å². The van der Waals surface area contributed by atoms with Gasteiger partial charge in [0.15, 0.2) is 0 Å². The molecular formula is C14H26N2O3. The molecular weight excluding hydrogens is 244 g/mol. The Bertz CT molecular complexity index is 340. The molecule has 0 bridgehead atoms. The summed E-state index contributed by atoms with van der Waals surface area (Å²) in [6.07, 6.45) is 5.70. The van der Waals surface area contributed by atoms with E-state index in [4.69, 9.17) is 0 Å². The number of carbonyl (C=O) groups is 2. The first-order chi connectivity index (χ1) is 8.87. The molecule has 0 aliphatic heterocycles. The quantitative estimate of drug-likeness (QED) is 0.634. The summed E-state index contributed by atoms with van der Waals surface area (Å²) in [5.74, 6) is -0.987. The van der Waals surface area contributed by atoms with Crippen LogP contribution in [-0.4, -0.2) is 29.2 Å².